The summed E-state index contributed by atoms with van der Waals surface area (Å²) in [6.45, 7) is 22.7. The van der Waals surface area contributed by atoms with E-state index in [0.717, 1.165) is 119 Å². The Morgan fingerprint density at radius 2 is 1.04 bits per heavy atom. The van der Waals surface area contributed by atoms with Crippen molar-refractivity contribution in [2.45, 2.75) is 106 Å². The Hall–Kier alpha value is -8.02. The van der Waals surface area contributed by atoms with Crippen LogP contribution in [0.2, 0.25) is 0 Å². The number of hydrogen-bond donors (Lipinski definition) is 1. The molecule has 0 radical (unpaired) electrons. The molecule has 3 heterocycles. The largest absolute Gasteiger partial charge is 0.507 e. The molecule has 0 saturated carbocycles. The summed E-state index contributed by atoms with van der Waals surface area (Å²) in [5.74, 6) is 2.41. The van der Waals surface area contributed by atoms with Crippen LogP contribution < -0.4 is 0 Å². The van der Waals surface area contributed by atoms with Crippen molar-refractivity contribution in [3.8, 4) is 78.7 Å². The Labute approximate surface area is 441 Å². The van der Waals surface area contributed by atoms with Gasteiger partial charge in [0.15, 0.2) is 5.82 Å². The number of para-hydroxylation sites is 3. The number of aromatic hydroxyl groups is 1. The highest BCUT2D eigenvalue weighted by atomic mass is 16.3. The van der Waals surface area contributed by atoms with Gasteiger partial charge in [0.1, 0.15) is 22.6 Å². The van der Waals surface area contributed by atoms with Crippen molar-refractivity contribution in [3.63, 3.8) is 0 Å². The quantitative estimate of drug-likeness (QED) is 0.148. The molecular formula is C70H65N3O2. The molecule has 0 fully saturated rings. The van der Waals surface area contributed by atoms with Gasteiger partial charge in [0.05, 0.1) is 22.4 Å². The number of benzene rings is 8. The fourth-order valence-electron chi connectivity index (χ4n) is 11.7. The van der Waals surface area contributed by atoms with Crippen LogP contribution in [0.4, 0.5) is 0 Å². The number of phenolic OH excluding ortho intramolecular Hbond substituents is 1. The van der Waals surface area contributed by atoms with Crippen LogP contribution in [0.15, 0.2) is 162 Å². The number of phenols is 1. The van der Waals surface area contributed by atoms with E-state index in [0.29, 0.717) is 23.7 Å². The van der Waals surface area contributed by atoms with E-state index in [4.69, 9.17) is 14.4 Å². The van der Waals surface area contributed by atoms with Crippen molar-refractivity contribution >= 4 is 33.0 Å². The molecule has 372 valence electrons. The summed E-state index contributed by atoms with van der Waals surface area (Å²) in [6, 6.07) is 57.7. The molecule has 1 aliphatic rings. The Bertz CT molecular complexity index is 3910. The van der Waals surface area contributed by atoms with Crippen LogP contribution in [-0.2, 0) is 12.8 Å². The van der Waals surface area contributed by atoms with E-state index in [1.165, 1.54) is 44.5 Å². The molecule has 5 heteroatoms. The van der Waals surface area contributed by atoms with Crippen molar-refractivity contribution in [3.05, 3.63) is 202 Å². The molecule has 11 aromatic rings. The van der Waals surface area contributed by atoms with E-state index in [1.807, 2.05) is 6.07 Å². The van der Waals surface area contributed by atoms with Gasteiger partial charge < -0.3 is 9.52 Å². The second-order valence-corrected chi connectivity index (χ2v) is 22.3. The first-order valence-corrected chi connectivity index (χ1v) is 27.0. The number of imidazole rings is 1. The molecule has 0 bridgehead atoms. The van der Waals surface area contributed by atoms with Crippen molar-refractivity contribution in [1.82, 2.24) is 14.5 Å². The Balaban J connectivity index is 1.18. The van der Waals surface area contributed by atoms with Gasteiger partial charge in [-0.2, -0.15) is 0 Å². The lowest BCUT2D eigenvalue weighted by atomic mass is 9.82. The molecule has 5 nitrogen and oxygen atoms in total. The highest BCUT2D eigenvalue weighted by Gasteiger charge is 2.28. The maximum Gasteiger partial charge on any atom is 0.164 e. The van der Waals surface area contributed by atoms with Gasteiger partial charge in [0, 0.05) is 33.0 Å². The topological polar surface area (TPSA) is 64.1 Å². The van der Waals surface area contributed by atoms with Gasteiger partial charge in [-0.3, -0.25) is 4.57 Å². The maximum atomic E-state index is 11.3. The minimum Gasteiger partial charge on any atom is -0.507 e. The second kappa shape index (κ2) is 18.7. The van der Waals surface area contributed by atoms with E-state index in [-0.39, 0.29) is 5.75 Å². The monoisotopic (exact) mass is 980 g/mol. The van der Waals surface area contributed by atoms with Crippen molar-refractivity contribution < 1.29 is 9.52 Å². The SMILES string of the molecule is Cc1cccc(C)c1-n1c(-c2ccc3c(n2)-c2c(O)cccc2CC3)nc2c(-c3cc(-c4c(-c5cc(C(C)C)cc(C(C)C)c5)cccc4-c4cc(C(C)C)cc(C(C)C)c4)c4oc5ccccc5c4c3)cccc21. The first kappa shape index (κ1) is 48.0. The Morgan fingerprint density at radius 1 is 0.480 bits per heavy atom. The van der Waals surface area contributed by atoms with Gasteiger partial charge in [-0.1, -0.05) is 177 Å². The molecule has 8 aromatic carbocycles. The van der Waals surface area contributed by atoms with Crippen LogP contribution in [0.25, 0.3) is 106 Å². The minimum atomic E-state index is 0.257. The van der Waals surface area contributed by atoms with Crippen LogP contribution in [-0.4, -0.2) is 19.6 Å². The summed E-state index contributed by atoms with van der Waals surface area (Å²) in [4.78, 5) is 11.2. The van der Waals surface area contributed by atoms with Crippen LogP contribution in [0, 0.1) is 13.8 Å². The highest BCUT2D eigenvalue weighted by Crippen LogP contribution is 2.49. The molecule has 1 aliphatic carbocycles. The summed E-state index contributed by atoms with van der Waals surface area (Å²) in [5.41, 5.74) is 25.9. The maximum absolute atomic E-state index is 11.3. The van der Waals surface area contributed by atoms with E-state index < -0.39 is 0 Å². The van der Waals surface area contributed by atoms with E-state index in [2.05, 4.69) is 219 Å². The zero-order valence-electron chi connectivity index (χ0n) is 44.9. The molecular weight excluding hydrogens is 915 g/mol. The predicted octanol–water partition coefficient (Wildman–Crippen LogP) is 19.2. The minimum absolute atomic E-state index is 0.257. The van der Waals surface area contributed by atoms with E-state index in [9.17, 15) is 5.11 Å². The summed E-state index contributed by atoms with van der Waals surface area (Å²) in [5, 5.41) is 13.4. The van der Waals surface area contributed by atoms with E-state index in [1.54, 1.807) is 6.07 Å². The van der Waals surface area contributed by atoms with Gasteiger partial charge in [0.25, 0.3) is 0 Å². The first-order valence-electron chi connectivity index (χ1n) is 27.0. The predicted molar refractivity (Wildman–Crippen MR) is 314 cm³/mol. The number of rotatable bonds is 10. The van der Waals surface area contributed by atoms with Crippen LogP contribution in [0.5, 0.6) is 5.75 Å². The fraction of sp³-hybridized carbons (Fsp3) is 0.229. The van der Waals surface area contributed by atoms with Crippen LogP contribution in [0.1, 0.15) is 124 Å². The lowest BCUT2D eigenvalue weighted by Gasteiger charge is -2.21. The number of nitrogens with zero attached hydrogens (tertiary/aromatic N) is 3. The molecule has 0 amide bonds. The standard InChI is InChI=1S/C70H65N3O2/c1-39(2)47-31-48(40(3)4)34-51(33-47)54-21-15-22-55(52-35-49(41(5)6)32-50(36-52)42(7)8)65(54)59-38-53(37-58-57-20-11-12-26-63(57)75-69(58)59)56-23-16-24-61-67(56)72-70(73(61)68-43(9)17-13-18-44(68)10)60-30-29-46-28-27-45-19-14-25-62(74)64(45)66(46)71-60/h11-26,29-42,74H,27-28H2,1-10H3. The lowest BCUT2D eigenvalue weighted by molar-refractivity contribution is 0.476. The molecule has 0 saturated heterocycles. The van der Waals surface area contributed by atoms with Crippen molar-refractivity contribution in [2.75, 3.05) is 0 Å². The summed E-state index contributed by atoms with van der Waals surface area (Å²) >= 11 is 0. The van der Waals surface area contributed by atoms with Crippen molar-refractivity contribution in [2.24, 2.45) is 0 Å². The highest BCUT2D eigenvalue weighted by molar-refractivity contribution is 6.15. The molecule has 0 spiro atoms. The average molecular weight is 980 g/mol. The smallest absolute Gasteiger partial charge is 0.164 e. The molecule has 1 N–H and O–H groups in total. The number of aryl methyl sites for hydroxylation is 4. The van der Waals surface area contributed by atoms with Crippen LogP contribution >= 0.6 is 0 Å². The molecule has 12 rings (SSSR count). The number of pyridine rings is 1. The number of hydrogen-bond acceptors (Lipinski definition) is 4. The zero-order valence-corrected chi connectivity index (χ0v) is 44.9. The molecule has 0 unspecified atom stereocenters. The van der Waals surface area contributed by atoms with Gasteiger partial charge in [-0.15, -0.1) is 0 Å². The second-order valence-electron chi connectivity index (χ2n) is 22.3. The third kappa shape index (κ3) is 8.25. The first-order chi connectivity index (χ1) is 36.2. The lowest BCUT2D eigenvalue weighted by Crippen LogP contribution is -2.08. The summed E-state index contributed by atoms with van der Waals surface area (Å²) in [6.07, 6.45) is 1.72. The number of fused-ring (bicyclic) bond motifs is 7. The van der Waals surface area contributed by atoms with Gasteiger partial charge in [-0.05, 0) is 159 Å². The molecule has 0 aliphatic heterocycles. The Morgan fingerprint density at radius 3 is 1.68 bits per heavy atom. The third-order valence-corrected chi connectivity index (χ3v) is 16.0. The van der Waals surface area contributed by atoms with Crippen LogP contribution in [0.3, 0.4) is 0 Å². The summed E-state index contributed by atoms with van der Waals surface area (Å²) in [7, 11) is 0. The zero-order chi connectivity index (χ0) is 52.0. The average Bonchev–Trinajstić information content (AvgIpc) is 3.99. The molecule has 75 heavy (non-hydrogen) atoms. The fourth-order valence-corrected chi connectivity index (χ4v) is 11.7. The van der Waals surface area contributed by atoms with E-state index >= 15 is 0 Å². The normalized spacial score (nSPS) is 12.6. The number of aromatic nitrogens is 3. The van der Waals surface area contributed by atoms with Crippen molar-refractivity contribution in [1.29, 1.82) is 0 Å². The third-order valence-electron chi connectivity index (χ3n) is 16.0. The van der Waals surface area contributed by atoms with Gasteiger partial charge in [0.2, 0.25) is 0 Å². The number of furan rings is 1. The Kier molecular flexibility index (Phi) is 12.0. The van der Waals surface area contributed by atoms with Gasteiger partial charge >= 0.3 is 0 Å². The summed E-state index contributed by atoms with van der Waals surface area (Å²) < 4.78 is 9.46. The molecule has 0 atom stereocenters. The van der Waals surface area contributed by atoms with Gasteiger partial charge in [-0.25, -0.2) is 9.97 Å². The molecule has 3 aromatic heterocycles.